The summed E-state index contributed by atoms with van der Waals surface area (Å²) in [5.74, 6) is 0.218. The summed E-state index contributed by atoms with van der Waals surface area (Å²) >= 11 is 0. The number of nitrogen functional groups attached to an aromatic ring is 1. The molecule has 144 valence electrons. The molecule has 1 aromatic heterocycles. The lowest BCUT2D eigenvalue weighted by Crippen LogP contribution is -2.27. The second-order valence-electron chi connectivity index (χ2n) is 7.21. The lowest BCUT2D eigenvalue weighted by Gasteiger charge is -2.19. The Hall–Kier alpha value is -3.61. The summed E-state index contributed by atoms with van der Waals surface area (Å²) in [7, 11) is 0. The normalized spacial score (nSPS) is 11.1. The van der Waals surface area contributed by atoms with Crippen LogP contribution in [-0.2, 0) is 4.74 Å². The standard InChI is InChI=1S/C21H22N4O3/c1-21(2,3)28-20(27)24-14-10-8-13(9-11-14)16-12-23-19(22)25-18(16)15-6-4-5-7-17(15)26/h4-12,26H,1-3H3,(H,24,27)(H2,22,23,25). The summed E-state index contributed by atoms with van der Waals surface area (Å²) < 4.78 is 5.25. The van der Waals surface area contributed by atoms with E-state index in [1.54, 1.807) is 57.3 Å². The van der Waals surface area contributed by atoms with E-state index in [9.17, 15) is 9.90 Å². The van der Waals surface area contributed by atoms with Crippen molar-refractivity contribution >= 4 is 17.7 Å². The molecule has 28 heavy (non-hydrogen) atoms. The first-order chi connectivity index (χ1) is 13.2. The molecule has 3 aromatic rings. The van der Waals surface area contributed by atoms with Gasteiger partial charge in [0.2, 0.25) is 5.95 Å². The number of aromatic nitrogens is 2. The van der Waals surface area contributed by atoms with E-state index in [1.807, 2.05) is 18.2 Å². The second kappa shape index (κ2) is 7.56. The van der Waals surface area contributed by atoms with Gasteiger partial charge in [-0.1, -0.05) is 24.3 Å². The topological polar surface area (TPSA) is 110 Å². The van der Waals surface area contributed by atoms with E-state index in [0.29, 0.717) is 22.5 Å². The van der Waals surface area contributed by atoms with Gasteiger partial charge in [0.05, 0.1) is 5.69 Å². The van der Waals surface area contributed by atoms with E-state index in [2.05, 4.69) is 15.3 Å². The van der Waals surface area contributed by atoms with Crippen LogP contribution in [0.25, 0.3) is 22.4 Å². The Bertz CT molecular complexity index is 995. The van der Waals surface area contributed by atoms with Crippen LogP contribution in [0.1, 0.15) is 20.8 Å². The quantitative estimate of drug-likeness (QED) is 0.621. The molecule has 0 saturated heterocycles. The number of para-hydroxylation sites is 1. The van der Waals surface area contributed by atoms with Crippen LogP contribution >= 0.6 is 0 Å². The van der Waals surface area contributed by atoms with Gasteiger partial charge in [0.15, 0.2) is 0 Å². The molecule has 0 aliphatic carbocycles. The van der Waals surface area contributed by atoms with Crippen molar-refractivity contribution in [3.8, 4) is 28.1 Å². The van der Waals surface area contributed by atoms with Gasteiger partial charge >= 0.3 is 6.09 Å². The molecule has 0 saturated carbocycles. The average molecular weight is 378 g/mol. The second-order valence-corrected chi connectivity index (χ2v) is 7.21. The number of amides is 1. The zero-order chi connectivity index (χ0) is 20.3. The maximum absolute atomic E-state index is 11.9. The fraction of sp³-hybridized carbons (Fsp3) is 0.190. The van der Waals surface area contributed by atoms with Gasteiger partial charge in [-0.05, 0) is 50.6 Å². The van der Waals surface area contributed by atoms with Gasteiger partial charge < -0.3 is 15.6 Å². The van der Waals surface area contributed by atoms with Crippen LogP contribution in [0.2, 0.25) is 0 Å². The largest absolute Gasteiger partial charge is 0.507 e. The van der Waals surface area contributed by atoms with Crippen molar-refractivity contribution in [2.45, 2.75) is 26.4 Å². The van der Waals surface area contributed by atoms with Gasteiger partial charge in [0.1, 0.15) is 11.4 Å². The van der Waals surface area contributed by atoms with Gasteiger partial charge in [0, 0.05) is 23.0 Å². The van der Waals surface area contributed by atoms with Crippen molar-refractivity contribution in [3.05, 3.63) is 54.7 Å². The molecule has 0 fully saturated rings. The monoisotopic (exact) mass is 378 g/mol. The Kier molecular flexibility index (Phi) is 5.17. The van der Waals surface area contributed by atoms with Gasteiger partial charge in [-0.3, -0.25) is 5.32 Å². The molecule has 3 rings (SSSR count). The van der Waals surface area contributed by atoms with Crippen molar-refractivity contribution in [3.63, 3.8) is 0 Å². The molecule has 0 unspecified atom stereocenters. The van der Waals surface area contributed by atoms with Crippen LogP contribution in [0.3, 0.4) is 0 Å². The van der Waals surface area contributed by atoms with Crippen LogP contribution in [0.4, 0.5) is 16.4 Å². The minimum Gasteiger partial charge on any atom is -0.507 e. The number of carbonyl (C=O) groups excluding carboxylic acids is 1. The fourth-order valence-electron chi connectivity index (χ4n) is 2.64. The average Bonchev–Trinajstić information content (AvgIpc) is 2.61. The van der Waals surface area contributed by atoms with Crippen molar-refractivity contribution in [2.24, 2.45) is 0 Å². The molecule has 1 amide bonds. The third-order valence-electron chi connectivity index (χ3n) is 3.81. The first kappa shape index (κ1) is 19.2. The molecule has 7 nitrogen and oxygen atoms in total. The smallest absolute Gasteiger partial charge is 0.412 e. The van der Waals surface area contributed by atoms with E-state index >= 15 is 0 Å². The lowest BCUT2D eigenvalue weighted by molar-refractivity contribution is 0.0636. The molecule has 2 aromatic carbocycles. The van der Waals surface area contributed by atoms with Crippen LogP contribution in [0.15, 0.2) is 54.7 Å². The Labute approximate surface area is 163 Å². The number of phenols is 1. The number of nitrogens with one attached hydrogen (secondary N) is 1. The first-order valence-electron chi connectivity index (χ1n) is 8.74. The maximum Gasteiger partial charge on any atom is 0.412 e. The van der Waals surface area contributed by atoms with E-state index in [4.69, 9.17) is 10.5 Å². The zero-order valence-electron chi connectivity index (χ0n) is 15.9. The SMILES string of the molecule is CC(C)(C)OC(=O)Nc1ccc(-c2cnc(N)nc2-c2ccccc2O)cc1. The van der Waals surface area contributed by atoms with Crippen LogP contribution in [0.5, 0.6) is 5.75 Å². The number of phenolic OH excluding ortho intramolecular Hbond substituents is 1. The summed E-state index contributed by atoms with van der Waals surface area (Å²) in [6.45, 7) is 5.41. The number of ether oxygens (including phenoxy) is 1. The molecule has 0 aliphatic rings. The molecule has 0 atom stereocenters. The van der Waals surface area contributed by atoms with E-state index < -0.39 is 11.7 Å². The summed E-state index contributed by atoms with van der Waals surface area (Å²) in [6, 6.07) is 14.1. The number of rotatable bonds is 3. The Balaban J connectivity index is 1.91. The fourth-order valence-corrected chi connectivity index (χ4v) is 2.64. The first-order valence-corrected chi connectivity index (χ1v) is 8.74. The highest BCUT2D eigenvalue weighted by Gasteiger charge is 2.17. The predicted molar refractivity (Wildman–Crippen MR) is 109 cm³/mol. The maximum atomic E-state index is 11.9. The number of nitrogens with zero attached hydrogens (tertiary/aromatic N) is 2. The molecular weight excluding hydrogens is 356 g/mol. The molecule has 0 radical (unpaired) electrons. The third-order valence-corrected chi connectivity index (χ3v) is 3.81. The van der Waals surface area contributed by atoms with Gasteiger partial charge in [-0.25, -0.2) is 14.8 Å². The van der Waals surface area contributed by atoms with E-state index in [-0.39, 0.29) is 11.7 Å². The molecule has 0 aliphatic heterocycles. The number of hydrogen-bond donors (Lipinski definition) is 3. The van der Waals surface area contributed by atoms with Gasteiger partial charge in [-0.2, -0.15) is 0 Å². The zero-order valence-corrected chi connectivity index (χ0v) is 15.9. The Morgan fingerprint density at radius 1 is 1.07 bits per heavy atom. The number of anilines is 2. The summed E-state index contributed by atoms with van der Waals surface area (Å²) in [4.78, 5) is 20.3. The van der Waals surface area contributed by atoms with Crippen molar-refractivity contribution in [1.29, 1.82) is 0 Å². The minimum absolute atomic E-state index is 0.102. The van der Waals surface area contributed by atoms with E-state index in [1.165, 1.54) is 0 Å². The lowest BCUT2D eigenvalue weighted by atomic mass is 10.00. The Morgan fingerprint density at radius 2 is 1.75 bits per heavy atom. The molecule has 7 heteroatoms. The molecular formula is C21H22N4O3. The summed E-state index contributed by atoms with van der Waals surface area (Å²) in [5, 5.41) is 12.9. The van der Waals surface area contributed by atoms with Crippen LogP contribution in [-0.4, -0.2) is 26.8 Å². The molecule has 1 heterocycles. The summed E-state index contributed by atoms with van der Waals surface area (Å²) in [6.07, 6.45) is 1.09. The number of nitrogens with two attached hydrogens (primary N) is 1. The minimum atomic E-state index is -0.572. The van der Waals surface area contributed by atoms with Gasteiger partial charge in [0.25, 0.3) is 0 Å². The highest BCUT2D eigenvalue weighted by atomic mass is 16.6. The third kappa shape index (κ3) is 4.56. The number of carbonyl (C=O) groups is 1. The molecule has 0 bridgehead atoms. The van der Waals surface area contributed by atoms with Crippen LogP contribution in [0, 0.1) is 0 Å². The highest BCUT2D eigenvalue weighted by molar-refractivity contribution is 5.87. The van der Waals surface area contributed by atoms with Crippen molar-refractivity contribution in [1.82, 2.24) is 9.97 Å². The van der Waals surface area contributed by atoms with Crippen LogP contribution < -0.4 is 11.1 Å². The number of aromatic hydroxyl groups is 1. The number of benzene rings is 2. The van der Waals surface area contributed by atoms with E-state index in [0.717, 1.165) is 5.56 Å². The molecule has 4 N–H and O–H groups in total. The van der Waals surface area contributed by atoms with Gasteiger partial charge in [-0.15, -0.1) is 0 Å². The number of hydrogen-bond acceptors (Lipinski definition) is 6. The predicted octanol–water partition coefficient (Wildman–Crippen LogP) is 4.45. The molecule has 0 spiro atoms. The summed E-state index contributed by atoms with van der Waals surface area (Å²) in [5.41, 5.74) is 8.39. The Morgan fingerprint density at radius 3 is 2.39 bits per heavy atom. The van der Waals surface area contributed by atoms with Crippen molar-refractivity contribution < 1.29 is 14.6 Å². The highest BCUT2D eigenvalue weighted by Crippen LogP contribution is 2.35. The van der Waals surface area contributed by atoms with Crippen molar-refractivity contribution in [2.75, 3.05) is 11.1 Å².